The van der Waals surface area contributed by atoms with Crippen molar-refractivity contribution in [3.8, 4) is 0 Å². The second-order valence-corrected chi connectivity index (χ2v) is 2.12. The molecule has 0 aromatic rings. The molecule has 1 amide bonds. The Bertz CT molecular complexity index is 197. The third-order valence-electron chi connectivity index (χ3n) is 0.883. The standard InChI is InChI=1S/C5H5ClN2O/c1-3-2-7-4(6)5(9)8-3/h2,4H,1H3. The first-order chi connectivity index (χ1) is 4.20. The molecule has 0 spiro atoms. The molecule has 0 radical (unpaired) electrons. The Morgan fingerprint density at radius 2 is 2.44 bits per heavy atom. The fourth-order valence-electron chi connectivity index (χ4n) is 0.493. The molecule has 48 valence electrons. The molecular weight excluding hydrogens is 140 g/mol. The van der Waals surface area contributed by atoms with Crippen LogP contribution in [0.1, 0.15) is 6.92 Å². The van der Waals surface area contributed by atoms with Crippen LogP contribution in [0.5, 0.6) is 0 Å². The van der Waals surface area contributed by atoms with Crippen LogP contribution in [0.3, 0.4) is 0 Å². The number of amides is 1. The van der Waals surface area contributed by atoms with Gasteiger partial charge in [-0.15, -0.1) is 0 Å². The number of carbonyl (C=O) groups is 1. The van der Waals surface area contributed by atoms with E-state index >= 15 is 0 Å². The van der Waals surface area contributed by atoms with E-state index in [2.05, 4.69) is 9.98 Å². The summed E-state index contributed by atoms with van der Waals surface area (Å²) in [5.74, 6) is -0.378. The summed E-state index contributed by atoms with van der Waals surface area (Å²) in [4.78, 5) is 17.8. The van der Waals surface area contributed by atoms with Crippen LogP contribution in [-0.4, -0.2) is 23.3 Å². The molecule has 1 rings (SSSR count). The number of aliphatic imine (C=N–C) groups is 2. The van der Waals surface area contributed by atoms with Crippen molar-refractivity contribution in [1.82, 2.24) is 0 Å². The fourth-order valence-corrected chi connectivity index (χ4v) is 0.598. The highest BCUT2D eigenvalue weighted by atomic mass is 35.5. The maximum Gasteiger partial charge on any atom is 0.286 e. The van der Waals surface area contributed by atoms with Crippen LogP contribution in [0.4, 0.5) is 0 Å². The third-order valence-corrected chi connectivity index (χ3v) is 1.18. The Kier molecular flexibility index (Phi) is 1.62. The zero-order valence-corrected chi connectivity index (χ0v) is 5.59. The summed E-state index contributed by atoms with van der Waals surface area (Å²) in [7, 11) is 0. The van der Waals surface area contributed by atoms with Crippen LogP contribution >= 0.6 is 11.6 Å². The molecule has 1 unspecified atom stereocenters. The molecule has 0 aliphatic carbocycles. The van der Waals surface area contributed by atoms with Crippen molar-refractivity contribution in [2.24, 2.45) is 9.98 Å². The van der Waals surface area contributed by atoms with Gasteiger partial charge in [0.2, 0.25) is 5.50 Å². The predicted octanol–water partition coefficient (Wildman–Crippen LogP) is 0.623. The molecule has 1 aliphatic rings. The van der Waals surface area contributed by atoms with E-state index in [1.165, 1.54) is 6.21 Å². The first-order valence-corrected chi connectivity index (χ1v) is 2.90. The zero-order chi connectivity index (χ0) is 6.85. The molecule has 1 atom stereocenters. The number of alkyl halides is 1. The average Bonchev–Trinajstić information content (AvgIpc) is 1.80. The Morgan fingerprint density at radius 3 is 2.89 bits per heavy atom. The smallest absolute Gasteiger partial charge is 0.269 e. The Balaban J connectivity index is 2.82. The molecule has 0 saturated heterocycles. The van der Waals surface area contributed by atoms with Gasteiger partial charge in [0.25, 0.3) is 5.91 Å². The highest BCUT2D eigenvalue weighted by Gasteiger charge is 2.14. The molecule has 0 aromatic heterocycles. The lowest BCUT2D eigenvalue weighted by molar-refractivity contribution is -0.117. The van der Waals surface area contributed by atoms with Gasteiger partial charge in [0.05, 0.1) is 5.71 Å². The number of hydrogen-bond acceptors (Lipinski definition) is 2. The summed E-state index contributed by atoms with van der Waals surface area (Å²) in [6, 6.07) is 0. The van der Waals surface area contributed by atoms with Gasteiger partial charge in [0.1, 0.15) is 0 Å². The molecule has 0 aromatic carbocycles. The van der Waals surface area contributed by atoms with Crippen LogP contribution < -0.4 is 0 Å². The second kappa shape index (κ2) is 2.27. The molecule has 0 N–H and O–H groups in total. The number of nitrogens with zero attached hydrogens (tertiary/aromatic N) is 2. The van der Waals surface area contributed by atoms with Crippen LogP contribution in [-0.2, 0) is 4.79 Å². The van der Waals surface area contributed by atoms with Crippen molar-refractivity contribution in [2.45, 2.75) is 12.4 Å². The van der Waals surface area contributed by atoms with Crippen LogP contribution in [0.15, 0.2) is 9.98 Å². The molecule has 9 heavy (non-hydrogen) atoms. The van der Waals surface area contributed by atoms with Gasteiger partial charge in [-0.25, -0.2) is 4.99 Å². The maximum absolute atomic E-state index is 10.6. The molecular formula is C5H5ClN2O. The van der Waals surface area contributed by atoms with E-state index in [0.717, 1.165) is 0 Å². The molecule has 1 aliphatic heterocycles. The minimum Gasteiger partial charge on any atom is -0.269 e. The first-order valence-electron chi connectivity index (χ1n) is 2.46. The summed E-state index contributed by atoms with van der Waals surface area (Å²) in [5.41, 5.74) is -0.189. The van der Waals surface area contributed by atoms with Gasteiger partial charge in [-0.1, -0.05) is 11.6 Å². The van der Waals surface area contributed by atoms with E-state index in [9.17, 15) is 4.79 Å². The zero-order valence-electron chi connectivity index (χ0n) is 4.84. The van der Waals surface area contributed by atoms with E-state index in [1.807, 2.05) is 0 Å². The Hall–Kier alpha value is -0.700. The fraction of sp³-hybridized carbons (Fsp3) is 0.400. The van der Waals surface area contributed by atoms with Gasteiger partial charge in [-0.05, 0) is 6.92 Å². The number of rotatable bonds is 0. The SMILES string of the molecule is CC1=NC(=O)C(Cl)N=C1. The van der Waals surface area contributed by atoms with Gasteiger partial charge >= 0.3 is 0 Å². The molecule has 0 fully saturated rings. The van der Waals surface area contributed by atoms with Crippen LogP contribution in [0.2, 0.25) is 0 Å². The topological polar surface area (TPSA) is 41.8 Å². The monoisotopic (exact) mass is 144 g/mol. The van der Waals surface area contributed by atoms with Gasteiger partial charge < -0.3 is 0 Å². The average molecular weight is 145 g/mol. The minimum absolute atomic E-state index is 0.378. The van der Waals surface area contributed by atoms with Crippen molar-refractivity contribution < 1.29 is 4.79 Å². The first kappa shape index (κ1) is 6.42. The van der Waals surface area contributed by atoms with Gasteiger partial charge in [0, 0.05) is 6.21 Å². The van der Waals surface area contributed by atoms with Gasteiger partial charge in [0.15, 0.2) is 0 Å². The molecule has 0 bridgehead atoms. The van der Waals surface area contributed by atoms with Crippen molar-refractivity contribution in [3.63, 3.8) is 0 Å². The molecule has 3 nitrogen and oxygen atoms in total. The lowest BCUT2D eigenvalue weighted by atomic mass is 10.4. The third kappa shape index (κ3) is 1.36. The molecule has 1 heterocycles. The molecule has 0 saturated carbocycles. The van der Waals surface area contributed by atoms with E-state index in [0.29, 0.717) is 5.71 Å². The number of carbonyl (C=O) groups excluding carboxylic acids is 1. The van der Waals surface area contributed by atoms with Gasteiger partial charge in [-0.2, -0.15) is 0 Å². The van der Waals surface area contributed by atoms with Crippen molar-refractivity contribution >= 4 is 29.4 Å². The van der Waals surface area contributed by atoms with E-state index in [1.54, 1.807) is 6.92 Å². The maximum atomic E-state index is 10.6. The minimum atomic E-state index is -0.798. The van der Waals surface area contributed by atoms with Gasteiger partial charge in [-0.3, -0.25) is 9.79 Å². The van der Waals surface area contributed by atoms with Crippen LogP contribution in [0, 0.1) is 0 Å². The second-order valence-electron chi connectivity index (χ2n) is 1.71. The normalized spacial score (nSPS) is 26.2. The summed E-state index contributed by atoms with van der Waals surface area (Å²) in [5, 5.41) is 0. The number of hydrogen-bond donors (Lipinski definition) is 0. The van der Waals surface area contributed by atoms with Crippen molar-refractivity contribution in [1.29, 1.82) is 0 Å². The quantitative estimate of drug-likeness (QED) is 0.363. The summed E-state index contributed by atoms with van der Waals surface area (Å²) < 4.78 is 0. The van der Waals surface area contributed by atoms with Crippen molar-refractivity contribution in [2.75, 3.05) is 0 Å². The van der Waals surface area contributed by atoms with E-state index in [4.69, 9.17) is 11.6 Å². The highest BCUT2D eigenvalue weighted by Crippen LogP contribution is 2.03. The summed E-state index contributed by atoms with van der Waals surface area (Å²) in [6.07, 6.45) is 1.49. The Labute approximate surface area is 57.4 Å². The number of halogens is 1. The van der Waals surface area contributed by atoms with E-state index in [-0.39, 0.29) is 5.91 Å². The lowest BCUT2D eigenvalue weighted by Crippen LogP contribution is -2.17. The Morgan fingerprint density at radius 1 is 1.78 bits per heavy atom. The van der Waals surface area contributed by atoms with E-state index < -0.39 is 5.50 Å². The largest absolute Gasteiger partial charge is 0.286 e. The highest BCUT2D eigenvalue weighted by molar-refractivity contribution is 6.39. The molecule has 4 heteroatoms. The summed E-state index contributed by atoms with van der Waals surface area (Å²) >= 11 is 5.38. The lowest BCUT2D eigenvalue weighted by Gasteiger charge is -2.02. The van der Waals surface area contributed by atoms with Crippen LogP contribution in [0.25, 0.3) is 0 Å². The predicted molar refractivity (Wildman–Crippen MR) is 36.2 cm³/mol. The van der Waals surface area contributed by atoms with Crippen molar-refractivity contribution in [3.05, 3.63) is 0 Å². The summed E-state index contributed by atoms with van der Waals surface area (Å²) in [6.45, 7) is 1.70.